The Hall–Kier alpha value is -4.74. The molecule has 1 amide bonds. The van der Waals surface area contributed by atoms with Crippen LogP contribution in [0, 0.1) is 5.41 Å². The lowest BCUT2D eigenvalue weighted by Gasteiger charge is -2.38. The normalized spacial score (nSPS) is 20.4. The van der Waals surface area contributed by atoms with E-state index in [2.05, 4.69) is 87.2 Å². The van der Waals surface area contributed by atoms with Gasteiger partial charge < -0.3 is 15.2 Å². The van der Waals surface area contributed by atoms with E-state index in [9.17, 15) is 18.0 Å². The molecule has 3 aliphatic rings. The Bertz CT molecular complexity index is 1800. The van der Waals surface area contributed by atoms with Gasteiger partial charge in [-0.1, -0.05) is 66.7 Å². The molecule has 0 radical (unpaired) electrons. The number of aromatic nitrogens is 2. The third-order valence-electron chi connectivity index (χ3n) is 9.41. The molecule has 4 aromatic rings. The van der Waals surface area contributed by atoms with Crippen LogP contribution in [0.1, 0.15) is 53.1 Å². The number of halogens is 3. The van der Waals surface area contributed by atoms with Gasteiger partial charge in [0.05, 0.1) is 17.8 Å². The summed E-state index contributed by atoms with van der Waals surface area (Å²) in [6, 6.07) is 25.3. The summed E-state index contributed by atoms with van der Waals surface area (Å²) in [5.74, 6) is -2.70. The first-order chi connectivity index (χ1) is 23.1. The van der Waals surface area contributed by atoms with Crippen LogP contribution in [0.3, 0.4) is 0 Å². The number of amides is 1. The SMILES string of the molecule is O=C(O)C(F)(F)F.O=C1NCC(c2ccccc2)/C1=C\c1ccc2c(/C=C/c3ccc(CN4CCC5(CCOC5)CC4)cc3)n[nH]c2c1. The third kappa shape index (κ3) is 7.86. The standard InChI is InChI=1S/C35H36N4O2.C2HF3O2/c40-34-30(31(22-36-34)28-4-2-1-3-5-28)20-27-10-12-29-32(37-38-33(29)21-27)13-11-25-6-8-26(9-7-25)23-39-17-14-35(15-18-39)16-19-41-24-35;3-2(4,5)1(6)7/h1-13,20-21,31H,14-19,22-24H2,(H,36,40)(H,37,38);(H,6,7)/b13-11+,30-20+;. The molecule has 3 aliphatic heterocycles. The fourth-order valence-electron chi connectivity index (χ4n) is 6.57. The van der Waals surface area contributed by atoms with Crippen LogP contribution in [-0.4, -0.2) is 71.1 Å². The molecule has 3 fully saturated rings. The Morgan fingerprint density at radius 3 is 2.38 bits per heavy atom. The first-order valence-corrected chi connectivity index (χ1v) is 16.0. The zero-order valence-corrected chi connectivity index (χ0v) is 26.3. The average molecular weight is 659 g/mol. The van der Waals surface area contributed by atoms with Gasteiger partial charge in [0.25, 0.3) is 0 Å². The van der Waals surface area contributed by atoms with Gasteiger partial charge in [-0.05, 0) is 84.3 Å². The number of nitrogens with zero attached hydrogens (tertiary/aromatic N) is 2. The van der Waals surface area contributed by atoms with Crippen molar-refractivity contribution in [3.63, 3.8) is 0 Å². The highest BCUT2D eigenvalue weighted by molar-refractivity contribution is 6.02. The Balaban J connectivity index is 0.000000519. The van der Waals surface area contributed by atoms with E-state index in [-0.39, 0.29) is 11.8 Å². The number of nitrogens with one attached hydrogen (secondary N) is 2. The highest BCUT2D eigenvalue weighted by Gasteiger charge is 2.39. The molecule has 1 spiro atoms. The number of alkyl halides is 3. The lowest BCUT2D eigenvalue weighted by molar-refractivity contribution is -0.192. The summed E-state index contributed by atoms with van der Waals surface area (Å²) in [4.78, 5) is 24.1. The Labute approximate surface area is 276 Å². The number of carbonyl (C=O) groups excluding carboxylic acids is 1. The number of carboxylic acid groups (broad SMARTS) is 1. The number of carboxylic acids is 1. The lowest BCUT2D eigenvalue weighted by Crippen LogP contribution is -2.39. The second kappa shape index (κ2) is 14.2. The number of rotatable bonds is 6. The van der Waals surface area contributed by atoms with Crippen molar-refractivity contribution in [2.45, 2.75) is 37.9 Å². The fraction of sp³-hybridized carbons (Fsp3) is 0.324. The van der Waals surface area contributed by atoms with Crippen molar-refractivity contribution in [3.05, 3.63) is 106 Å². The molecule has 3 saturated heterocycles. The molecule has 3 N–H and O–H groups in total. The molecule has 1 aromatic heterocycles. The van der Waals surface area contributed by atoms with Crippen LogP contribution in [0.25, 0.3) is 29.1 Å². The summed E-state index contributed by atoms with van der Waals surface area (Å²) in [7, 11) is 0. The van der Waals surface area contributed by atoms with Crippen LogP contribution in [0.15, 0.2) is 78.4 Å². The average Bonchev–Trinajstić information content (AvgIpc) is 3.81. The topological polar surface area (TPSA) is 108 Å². The molecule has 11 heteroatoms. The van der Waals surface area contributed by atoms with E-state index in [0.29, 0.717) is 12.0 Å². The number of likely N-dealkylation sites (tertiary alicyclic amines) is 1. The van der Waals surface area contributed by atoms with Crippen molar-refractivity contribution in [1.82, 2.24) is 20.4 Å². The molecule has 0 aliphatic carbocycles. The number of benzene rings is 3. The van der Waals surface area contributed by atoms with Crippen molar-refractivity contribution < 1.29 is 32.6 Å². The molecular formula is C37H37F3N4O4. The zero-order chi connectivity index (χ0) is 33.7. The van der Waals surface area contributed by atoms with Gasteiger partial charge in [0.2, 0.25) is 5.91 Å². The van der Waals surface area contributed by atoms with Crippen molar-refractivity contribution in [2.24, 2.45) is 5.41 Å². The monoisotopic (exact) mass is 658 g/mol. The lowest BCUT2D eigenvalue weighted by atomic mass is 9.78. The number of aromatic amines is 1. The summed E-state index contributed by atoms with van der Waals surface area (Å²) in [5, 5.41) is 18.9. The molecular weight excluding hydrogens is 621 g/mol. The molecule has 4 heterocycles. The number of carbonyl (C=O) groups is 2. The number of piperidine rings is 1. The second-order valence-electron chi connectivity index (χ2n) is 12.6. The van der Waals surface area contributed by atoms with Gasteiger partial charge >= 0.3 is 12.1 Å². The van der Waals surface area contributed by atoms with Crippen LogP contribution < -0.4 is 5.32 Å². The van der Waals surface area contributed by atoms with Gasteiger partial charge in [0, 0.05) is 36.6 Å². The maximum Gasteiger partial charge on any atom is 0.490 e. The number of H-pyrrole nitrogens is 1. The predicted molar refractivity (Wildman–Crippen MR) is 178 cm³/mol. The summed E-state index contributed by atoms with van der Waals surface area (Å²) in [6.45, 7) is 5.87. The van der Waals surface area contributed by atoms with Crippen molar-refractivity contribution in [1.29, 1.82) is 0 Å². The summed E-state index contributed by atoms with van der Waals surface area (Å²) >= 11 is 0. The highest BCUT2D eigenvalue weighted by atomic mass is 19.4. The van der Waals surface area contributed by atoms with Crippen LogP contribution in [-0.2, 0) is 20.9 Å². The van der Waals surface area contributed by atoms with Gasteiger partial charge in [-0.2, -0.15) is 18.3 Å². The molecule has 0 saturated carbocycles. The van der Waals surface area contributed by atoms with E-state index in [1.54, 1.807) is 0 Å². The van der Waals surface area contributed by atoms with Crippen molar-refractivity contribution >= 4 is 41.0 Å². The van der Waals surface area contributed by atoms with Gasteiger partial charge in [-0.3, -0.25) is 14.8 Å². The molecule has 3 aromatic carbocycles. The largest absolute Gasteiger partial charge is 0.490 e. The fourth-order valence-corrected chi connectivity index (χ4v) is 6.57. The van der Waals surface area contributed by atoms with Crippen LogP contribution in [0.5, 0.6) is 0 Å². The van der Waals surface area contributed by atoms with E-state index in [1.807, 2.05) is 24.3 Å². The number of hydrogen-bond donors (Lipinski definition) is 3. The van der Waals surface area contributed by atoms with E-state index < -0.39 is 12.1 Å². The molecule has 250 valence electrons. The maximum absolute atomic E-state index is 12.6. The maximum atomic E-state index is 12.6. The molecule has 0 bridgehead atoms. The summed E-state index contributed by atoms with van der Waals surface area (Å²) < 4.78 is 37.4. The second-order valence-corrected chi connectivity index (χ2v) is 12.6. The summed E-state index contributed by atoms with van der Waals surface area (Å²) in [5.41, 5.74) is 7.77. The van der Waals surface area contributed by atoms with Gasteiger partial charge in [0.15, 0.2) is 0 Å². The minimum Gasteiger partial charge on any atom is -0.475 e. The summed E-state index contributed by atoms with van der Waals surface area (Å²) in [6.07, 6.45) is 4.85. The molecule has 7 rings (SSSR count). The van der Waals surface area contributed by atoms with Gasteiger partial charge in [0.1, 0.15) is 0 Å². The number of ether oxygens (including phenoxy) is 1. The molecule has 1 unspecified atom stereocenters. The van der Waals surface area contributed by atoms with Gasteiger partial charge in [-0.25, -0.2) is 4.79 Å². The Kier molecular flexibility index (Phi) is 9.79. The van der Waals surface area contributed by atoms with Crippen LogP contribution >= 0.6 is 0 Å². The third-order valence-corrected chi connectivity index (χ3v) is 9.41. The molecule has 1 atom stereocenters. The quantitative estimate of drug-likeness (QED) is 0.200. The number of aliphatic carboxylic acids is 1. The number of fused-ring (bicyclic) bond motifs is 1. The number of hydrogen-bond acceptors (Lipinski definition) is 5. The smallest absolute Gasteiger partial charge is 0.475 e. The minimum absolute atomic E-state index is 0.00157. The van der Waals surface area contributed by atoms with Crippen LogP contribution in [0.2, 0.25) is 0 Å². The van der Waals surface area contributed by atoms with E-state index >= 15 is 0 Å². The molecule has 48 heavy (non-hydrogen) atoms. The Morgan fingerprint density at radius 2 is 1.71 bits per heavy atom. The predicted octanol–water partition coefficient (Wildman–Crippen LogP) is 6.67. The van der Waals surface area contributed by atoms with E-state index in [1.165, 1.54) is 24.8 Å². The van der Waals surface area contributed by atoms with Crippen molar-refractivity contribution in [3.8, 4) is 0 Å². The molecule has 8 nitrogen and oxygen atoms in total. The van der Waals surface area contributed by atoms with Crippen LogP contribution in [0.4, 0.5) is 13.2 Å². The highest BCUT2D eigenvalue weighted by Crippen LogP contribution is 2.39. The first kappa shape index (κ1) is 33.2. The van der Waals surface area contributed by atoms with Crippen molar-refractivity contribution in [2.75, 3.05) is 32.8 Å². The first-order valence-electron chi connectivity index (χ1n) is 16.0. The van der Waals surface area contributed by atoms with E-state index in [4.69, 9.17) is 14.6 Å². The zero-order valence-electron chi connectivity index (χ0n) is 26.3. The Morgan fingerprint density at radius 1 is 1.00 bits per heavy atom. The van der Waals surface area contributed by atoms with Gasteiger partial charge in [-0.15, -0.1) is 0 Å². The minimum atomic E-state index is -5.08. The van der Waals surface area contributed by atoms with E-state index in [0.717, 1.165) is 71.7 Å².